The Morgan fingerprint density at radius 2 is 1.93 bits per heavy atom. The van der Waals surface area contributed by atoms with Gasteiger partial charge in [0.1, 0.15) is 5.75 Å². The van der Waals surface area contributed by atoms with E-state index >= 15 is 0 Å². The maximum Gasteiger partial charge on any atom is 0.229 e. The number of sulfonamides is 1. The van der Waals surface area contributed by atoms with Crippen molar-refractivity contribution in [3.63, 3.8) is 0 Å². The summed E-state index contributed by atoms with van der Waals surface area (Å²) >= 11 is 0. The monoisotopic (exact) mass is 393 g/mol. The Morgan fingerprint density at radius 1 is 1.30 bits per heavy atom. The smallest absolute Gasteiger partial charge is 0.229 e. The zero-order valence-corrected chi connectivity index (χ0v) is 17.8. The Labute approximate surface area is 163 Å². The van der Waals surface area contributed by atoms with Gasteiger partial charge in [-0.1, -0.05) is 26.8 Å². The van der Waals surface area contributed by atoms with Gasteiger partial charge in [0, 0.05) is 18.0 Å². The molecule has 0 unspecified atom stereocenters. The third-order valence-corrected chi connectivity index (χ3v) is 6.38. The summed E-state index contributed by atoms with van der Waals surface area (Å²) in [4.78, 5) is 6.06. The number of piperidine rings is 1. The molecule has 6 nitrogen and oxygen atoms in total. The fraction of sp³-hybridized carbons (Fsp3) is 0.650. The van der Waals surface area contributed by atoms with Crippen LogP contribution in [0.4, 0.5) is 5.69 Å². The Balaban J connectivity index is 2.16. The molecule has 0 atom stereocenters. The number of rotatable bonds is 6. The van der Waals surface area contributed by atoms with Crippen LogP contribution in [0.5, 0.6) is 5.75 Å². The molecule has 27 heavy (non-hydrogen) atoms. The first kappa shape index (κ1) is 21.5. The van der Waals surface area contributed by atoms with E-state index in [4.69, 9.17) is 11.3 Å². The van der Waals surface area contributed by atoms with Crippen LogP contribution in [0.3, 0.4) is 0 Å². The molecule has 1 aromatic carbocycles. The average Bonchev–Trinajstić information content (AvgIpc) is 2.56. The Kier molecular flexibility index (Phi) is 6.43. The van der Waals surface area contributed by atoms with Gasteiger partial charge in [0.05, 0.1) is 19.1 Å². The van der Waals surface area contributed by atoms with E-state index in [2.05, 4.69) is 35.2 Å². The first-order valence-electron chi connectivity index (χ1n) is 9.20. The average molecular weight is 394 g/mol. The van der Waals surface area contributed by atoms with Crippen molar-refractivity contribution in [1.82, 2.24) is 4.90 Å². The van der Waals surface area contributed by atoms with E-state index < -0.39 is 10.0 Å². The molecule has 0 radical (unpaired) electrons. The van der Waals surface area contributed by atoms with Gasteiger partial charge in [-0.3, -0.25) is 9.62 Å². The highest BCUT2D eigenvalue weighted by Crippen LogP contribution is 2.47. The van der Waals surface area contributed by atoms with Crippen LogP contribution >= 0.6 is 0 Å². The van der Waals surface area contributed by atoms with Crippen LogP contribution in [0, 0.1) is 17.4 Å². The van der Waals surface area contributed by atoms with Crippen molar-refractivity contribution in [3.8, 4) is 5.75 Å². The van der Waals surface area contributed by atoms with E-state index in [1.54, 1.807) is 13.2 Å². The molecule has 2 rings (SSSR count). The molecule has 1 aliphatic heterocycles. The minimum absolute atomic E-state index is 0.0407. The summed E-state index contributed by atoms with van der Waals surface area (Å²) in [6.07, 6.45) is 3.10. The zero-order valence-electron chi connectivity index (χ0n) is 17.0. The van der Waals surface area contributed by atoms with Crippen LogP contribution < -0.4 is 9.46 Å². The van der Waals surface area contributed by atoms with Crippen molar-refractivity contribution in [2.24, 2.45) is 10.8 Å². The number of nitrogens with one attached hydrogen (secondary N) is 1. The number of ether oxygens (including phenoxy) is 1. The maximum absolute atomic E-state index is 11.7. The van der Waals surface area contributed by atoms with Crippen molar-refractivity contribution >= 4 is 15.7 Å². The van der Waals surface area contributed by atoms with Crippen molar-refractivity contribution in [2.45, 2.75) is 40.2 Å². The lowest BCUT2D eigenvalue weighted by Gasteiger charge is -2.46. The first-order valence-corrected chi connectivity index (χ1v) is 11.1. The van der Waals surface area contributed by atoms with E-state index in [0.717, 1.165) is 37.8 Å². The number of nitrogens with zero attached hydrogens (tertiary/aromatic N) is 2. The predicted molar refractivity (Wildman–Crippen MR) is 109 cm³/mol. The normalized spacial score (nSPS) is 17.9. The molecule has 0 aliphatic carbocycles. The minimum Gasteiger partial charge on any atom is -0.497 e. The lowest BCUT2D eigenvalue weighted by molar-refractivity contribution is 0.0174. The Bertz CT molecular complexity index is 799. The lowest BCUT2D eigenvalue weighted by atomic mass is 9.61. The molecule has 0 aromatic heterocycles. The minimum atomic E-state index is -3.37. The third-order valence-electron chi connectivity index (χ3n) is 5.79. The molecular weight excluding hydrogens is 362 g/mol. The summed E-state index contributed by atoms with van der Waals surface area (Å²) in [5, 5.41) is 0. The van der Waals surface area contributed by atoms with Crippen LogP contribution in [0.25, 0.3) is 4.85 Å². The van der Waals surface area contributed by atoms with Crippen LogP contribution in [0.15, 0.2) is 18.2 Å². The zero-order chi connectivity index (χ0) is 20.3. The molecule has 1 aromatic rings. The van der Waals surface area contributed by atoms with E-state index in [9.17, 15) is 8.42 Å². The number of likely N-dealkylation sites (tertiary alicyclic amines) is 1. The summed E-state index contributed by atoms with van der Waals surface area (Å²) in [5.74, 6) is 0.618. The van der Waals surface area contributed by atoms with Gasteiger partial charge in [0.25, 0.3) is 0 Å². The maximum atomic E-state index is 11.7. The number of hydrogen-bond acceptors (Lipinski definition) is 4. The van der Waals surface area contributed by atoms with Gasteiger partial charge in [0.15, 0.2) is 0 Å². The summed E-state index contributed by atoms with van der Waals surface area (Å²) in [6.45, 7) is 17.1. The summed E-state index contributed by atoms with van der Waals surface area (Å²) in [5.41, 5.74) is 1.62. The number of benzene rings is 1. The van der Waals surface area contributed by atoms with Crippen molar-refractivity contribution in [3.05, 3.63) is 35.2 Å². The van der Waals surface area contributed by atoms with Gasteiger partial charge in [-0.15, -0.1) is 0 Å². The second-order valence-corrected chi connectivity index (χ2v) is 10.3. The first-order chi connectivity index (χ1) is 12.5. The van der Waals surface area contributed by atoms with Crippen LogP contribution in [-0.4, -0.2) is 46.3 Å². The predicted octanol–water partition coefficient (Wildman–Crippen LogP) is 3.61. The van der Waals surface area contributed by atoms with Crippen molar-refractivity contribution < 1.29 is 13.2 Å². The highest BCUT2D eigenvalue weighted by molar-refractivity contribution is 7.92. The lowest BCUT2D eigenvalue weighted by Crippen LogP contribution is -2.48. The van der Waals surface area contributed by atoms with E-state index in [1.165, 1.54) is 0 Å². The molecule has 0 saturated carbocycles. The molecule has 1 N–H and O–H groups in total. The molecule has 1 heterocycles. The molecule has 0 bridgehead atoms. The Hall–Kier alpha value is -1.78. The summed E-state index contributed by atoms with van der Waals surface area (Å²) in [6, 6.07) is 5.49. The molecule has 0 spiro atoms. The van der Waals surface area contributed by atoms with Gasteiger partial charge in [-0.2, -0.15) is 0 Å². The quantitative estimate of drug-likeness (QED) is 0.750. The van der Waals surface area contributed by atoms with E-state index in [-0.39, 0.29) is 10.8 Å². The van der Waals surface area contributed by atoms with Crippen molar-refractivity contribution in [2.75, 3.05) is 37.7 Å². The largest absolute Gasteiger partial charge is 0.497 e. The standard InChI is InChI=1S/C20H31N3O3S/c1-19(2,3)20(15-21-4)9-11-23(12-10-20)14-16-7-8-17(26-5)13-18(16)22-27(6,24)25/h7-8,13,22H,9-12,14-15H2,1-3,5-6H3. The summed E-state index contributed by atoms with van der Waals surface area (Å²) < 4.78 is 31.3. The molecular formula is C20H31N3O3S. The third kappa shape index (κ3) is 5.36. The van der Waals surface area contributed by atoms with Crippen LogP contribution in [0.1, 0.15) is 39.2 Å². The molecule has 1 aliphatic rings. The fourth-order valence-electron chi connectivity index (χ4n) is 3.79. The molecule has 1 fully saturated rings. The molecule has 150 valence electrons. The number of methoxy groups -OCH3 is 1. The summed E-state index contributed by atoms with van der Waals surface area (Å²) in [7, 11) is -1.81. The molecule has 0 amide bonds. The van der Waals surface area contributed by atoms with E-state index in [0.29, 0.717) is 24.5 Å². The van der Waals surface area contributed by atoms with Gasteiger partial charge in [0.2, 0.25) is 16.6 Å². The highest BCUT2D eigenvalue weighted by atomic mass is 32.2. The topological polar surface area (TPSA) is 63.0 Å². The van der Waals surface area contributed by atoms with Gasteiger partial charge >= 0.3 is 0 Å². The van der Waals surface area contributed by atoms with E-state index in [1.807, 2.05) is 12.1 Å². The molecule has 1 saturated heterocycles. The highest BCUT2D eigenvalue weighted by Gasteiger charge is 2.46. The molecule has 7 heteroatoms. The fourth-order valence-corrected chi connectivity index (χ4v) is 4.38. The Morgan fingerprint density at radius 3 is 2.41 bits per heavy atom. The second-order valence-electron chi connectivity index (χ2n) is 8.52. The van der Waals surface area contributed by atoms with Crippen LogP contribution in [0.2, 0.25) is 0 Å². The van der Waals surface area contributed by atoms with Gasteiger partial charge in [-0.25, -0.2) is 15.0 Å². The van der Waals surface area contributed by atoms with Gasteiger partial charge < -0.3 is 9.58 Å². The SMILES string of the molecule is [C-]#[N+]CC1(C(C)(C)C)CCN(Cc2ccc(OC)cc2NS(C)(=O)=O)CC1. The van der Waals surface area contributed by atoms with Crippen molar-refractivity contribution in [1.29, 1.82) is 0 Å². The number of anilines is 1. The number of hydrogen-bond donors (Lipinski definition) is 1. The van der Waals surface area contributed by atoms with Crippen LogP contribution in [-0.2, 0) is 16.6 Å². The van der Waals surface area contributed by atoms with Gasteiger partial charge in [-0.05, 0) is 43.0 Å². The second kappa shape index (κ2) is 8.07.